The van der Waals surface area contributed by atoms with Gasteiger partial charge in [0.1, 0.15) is 17.2 Å². The maximum atomic E-state index is 6.25. The van der Waals surface area contributed by atoms with Crippen molar-refractivity contribution in [2.45, 2.75) is 0 Å². The van der Waals surface area contributed by atoms with Crippen molar-refractivity contribution in [2.24, 2.45) is 0 Å². The van der Waals surface area contributed by atoms with Crippen LogP contribution in [0.3, 0.4) is 0 Å². The molecule has 0 spiro atoms. The third-order valence-corrected chi connectivity index (χ3v) is 7.58. The molecule has 0 aliphatic rings. The number of rotatable bonds is 6. The SMILES string of the molecule is c1cc(Oc2cccc(-c3cc4ccccc4cn3)c2)cc(Oc2cc(-n3c4ccccc4c4ccccc43)ccn2)c1. The lowest BCUT2D eigenvalue weighted by atomic mass is 10.1. The highest BCUT2D eigenvalue weighted by Gasteiger charge is 2.13. The van der Waals surface area contributed by atoms with Crippen LogP contribution in [0.1, 0.15) is 0 Å². The molecule has 0 fully saturated rings. The predicted octanol–water partition coefficient (Wildman–Crippen LogP) is 9.98. The fourth-order valence-corrected chi connectivity index (χ4v) is 5.61. The molecule has 0 amide bonds. The summed E-state index contributed by atoms with van der Waals surface area (Å²) in [7, 11) is 0. The highest BCUT2D eigenvalue weighted by atomic mass is 16.5. The lowest BCUT2D eigenvalue weighted by Crippen LogP contribution is -1.96. The summed E-state index contributed by atoms with van der Waals surface area (Å²) in [6, 6.07) is 46.7. The minimum Gasteiger partial charge on any atom is -0.457 e. The van der Waals surface area contributed by atoms with Gasteiger partial charge in [-0.25, -0.2) is 4.98 Å². The molecule has 0 atom stereocenters. The van der Waals surface area contributed by atoms with Gasteiger partial charge < -0.3 is 14.0 Å². The van der Waals surface area contributed by atoms with Crippen molar-refractivity contribution in [2.75, 3.05) is 0 Å². The van der Waals surface area contributed by atoms with Gasteiger partial charge in [-0.1, -0.05) is 78.9 Å². The molecule has 8 aromatic rings. The van der Waals surface area contributed by atoms with Crippen molar-refractivity contribution in [1.29, 1.82) is 0 Å². The summed E-state index contributed by atoms with van der Waals surface area (Å²) in [5, 5.41) is 4.69. The minimum atomic E-state index is 0.501. The van der Waals surface area contributed by atoms with Gasteiger partial charge in [0, 0.05) is 46.2 Å². The van der Waals surface area contributed by atoms with Crippen molar-refractivity contribution in [3.05, 3.63) is 152 Å². The fraction of sp³-hybridized carbons (Fsp3) is 0. The van der Waals surface area contributed by atoms with E-state index in [1.807, 2.05) is 79.0 Å². The maximum absolute atomic E-state index is 6.25. The van der Waals surface area contributed by atoms with E-state index in [4.69, 9.17) is 9.47 Å². The van der Waals surface area contributed by atoms with E-state index in [2.05, 4.69) is 81.3 Å². The summed E-state index contributed by atoms with van der Waals surface area (Å²) in [4.78, 5) is 9.16. The molecule has 5 heteroatoms. The summed E-state index contributed by atoms with van der Waals surface area (Å²) in [6.07, 6.45) is 3.68. The topological polar surface area (TPSA) is 49.2 Å². The Kier molecular flexibility index (Phi) is 6.05. The van der Waals surface area contributed by atoms with E-state index in [0.29, 0.717) is 17.4 Å². The van der Waals surface area contributed by atoms with Crippen LogP contribution < -0.4 is 9.47 Å². The molecule has 0 unspecified atom stereocenters. The average molecular weight is 556 g/mol. The van der Waals surface area contributed by atoms with Crippen LogP contribution in [0.4, 0.5) is 0 Å². The highest BCUT2D eigenvalue weighted by molar-refractivity contribution is 6.09. The van der Waals surface area contributed by atoms with E-state index in [-0.39, 0.29) is 0 Å². The van der Waals surface area contributed by atoms with Crippen LogP contribution in [0, 0.1) is 0 Å². The molecule has 0 aliphatic carbocycles. The number of fused-ring (bicyclic) bond motifs is 4. The van der Waals surface area contributed by atoms with Gasteiger partial charge in [-0.2, -0.15) is 0 Å². The van der Waals surface area contributed by atoms with Gasteiger partial charge in [0.2, 0.25) is 5.88 Å². The maximum Gasteiger partial charge on any atom is 0.221 e. The molecular weight excluding hydrogens is 530 g/mol. The van der Waals surface area contributed by atoms with E-state index < -0.39 is 0 Å². The second-order valence-corrected chi connectivity index (χ2v) is 10.3. The van der Waals surface area contributed by atoms with Gasteiger partial charge >= 0.3 is 0 Å². The van der Waals surface area contributed by atoms with Crippen molar-refractivity contribution in [3.8, 4) is 40.1 Å². The number of nitrogens with zero attached hydrogens (tertiary/aromatic N) is 3. The first-order valence-electron chi connectivity index (χ1n) is 14.1. The first-order valence-corrected chi connectivity index (χ1v) is 14.1. The highest BCUT2D eigenvalue weighted by Crippen LogP contribution is 2.34. The van der Waals surface area contributed by atoms with E-state index in [9.17, 15) is 0 Å². The normalized spacial score (nSPS) is 11.3. The summed E-state index contributed by atoms with van der Waals surface area (Å²) >= 11 is 0. The molecule has 3 heterocycles. The Balaban J connectivity index is 1.06. The van der Waals surface area contributed by atoms with Crippen LogP contribution in [0.5, 0.6) is 23.1 Å². The summed E-state index contributed by atoms with van der Waals surface area (Å²) in [5.41, 5.74) is 5.14. The Morgan fingerprint density at radius 2 is 1.14 bits per heavy atom. The Hall–Kier alpha value is -5.94. The number of ether oxygens (including phenoxy) is 2. The third kappa shape index (κ3) is 4.73. The number of aromatic nitrogens is 3. The molecular formula is C38H25N3O2. The molecule has 5 nitrogen and oxygen atoms in total. The second-order valence-electron chi connectivity index (χ2n) is 10.3. The molecule has 0 bridgehead atoms. The van der Waals surface area contributed by atoms with E-state index in [0.717, 1.165) is 44.5 Å². The quantitative estimate of drug-likeness (QED) is 0.205. The number of hydrogen-bond acceptors (Lipinski definition) is 4. The zero-order valence-corrected chi connectivity index (χ0v) is 23.1. The Morgan fingerprint density at radius 3 is 1.93 bits per heavy atom. The Bertz CT molecular complexity index is 2220. The fourth-order valence-electron chi connectivity index (χ4n) is 5.61. The van der Waals surface area contributed by atoms with Gasteiger partial charge in [0.15, 0.2) is 0 Å². The van der Waals surface area contributed by atoms with E-state index in [1.54, 1.807) is 6.20 Å². The van der Waals surface area contributed by atoms with Gasteiger partial charge in [-0.3, -0.25) is 4.98 Å². The second kappa shape index (κ2) is 10.5. The van der Waals surface area contributed by atoms with Crippen LogP contribution in [0.25, 0.3) is 49.5 Å². The van der Waals surface area contributed by atoms with Crippen molar-refractivity contribution < 1.29 is 9.47 Å². The van der Waals surface area contributed by atoms with E-state index in [1.165, 1.54) is 10.8 Å². The minimum absolute atomic E-state index is 0.501. The number of hydrogen-bond donors (Lipinski definition) is 0. The largest absolute Gasteiger partial charge is 0.457 e. The molecule has 0 radical (unpaired) electrons. The summed E-state index contributed by atoms with van der Waals surface area (Å²) in [6.45, 7) is 0. The van der Waals surface area contributed by atoms with Gasteiger partial charge in [0.05, 0.1) is 22.4 Å². The molecule has 0 N–H and O–H groups in total. The summed E-state index contributed by atoms with van der Waals surface area (Å²) < 4.78 is 14.7. The van der Waals surface area contributed by atoms with E-state index >= 15 is 0 Å². The van der Waals surface area contributed by atoms with Crippen LogP contribution in [0.15, 0.2) is 152 Å². The van der Waals surface area contributed by atoms with Crippen LogP contribution in [-0.2, 0) is 0 Å². The standard InChI is InChI=1S/C38H25N3O2/c1-2-10-28-25-40-35(22-26(28)9-1)27-11-7-12-30(21-27)42-31-13-8-14-32(24-31)43-38-23-29(19-20-39-38)41-36-17-5-3-15-33(36)34-16-4-6-18-37(34)41/h1-25H. The van der Waals surface area contributed by atoms with Gasteiger partial charge in [-0.05, 0) is 53.9 Å². The smallest absolute Gasteiger partial charge is 0.221 e. The molecule has 0 saturated heterocycles. The third-order valence-electron chi connectivity index (χ3n) is 7.58. The van der Waals surface area contributed by atoms with Crippen LogP contribution in [-0.4, -0.2) is 14.5 Å². The number of pyridine rings is 2. The lowest BCUT2D eigenvalue weighted by Gasteiger charge is -2.12. The molecule has 0 aliphatic heterocycles. The number of para-hydroxylation sites is 2. The monoisotopic (exact) mass is 555 g/mol. The Labute approximate surface area is 248 Å². The molecule has 0 saturated carbocycles. The molecule has 5 aromatic carbocycles. The molecule has 43 heavy (non-hydrogen) atoms. The zero-order valence-electron chi connectivity index (χ0n) is 23.1. The van der Waals surface area contributed by atoms with Crippen molar-refractivity contribution >= 4 is 32.6 Å². The number of benzene rings is 5. The molecule has 204 valence electrons. The van der Waals surface area contributed by atoms with Gasteiger partial charge in [-0.15, -0.1) is 0 Å². The Morgan fingerprint density at radius 1 is 0.488 bits per heavy atom. The molecule has 8 rings (SSSR count). The zero-order chi connectivity index (χ0) is 28.6. The first-order chi connectivity index (χ1) is 21.3. The van der Waals surface area contributed by atoms with Crippen molar-refractivity contribution in [3.63, 3.8) is 0 Å². The predicted molar refractivity (Wildman–Crippen MR) is 172 cm³/mol. The summed E-state index contributed by atoms with van der Waals surface area (Å²) in [5.74, 6) is 2.52. The van der Waals surface area contributed by atoms with Crippen molar-refractivity contribution in [1.82, 2.24) is 14.5 Å². The van der Waals surface area contributed by atoms with Crippen LogP contribution in [0.2, 0.25) is 0 Å². The van der Waals surface area contributed by atoms with Gasteiger partial charge in [0.25, 0.3) is 0 Å². The average Bonchev–Trinajstić information content (AvgIpc) is 3.39. The van der Waals surface area contributed by atoms with Crippen LogP contribution >= 0.6 is 0 Å². The first kappa shape index (κ1) is 24.8. The molecule has 3 aromatic heterocycles. The lowest BCUT2D eigenvalue weighted by molar-refractivity contribution is 0.449.